The second kappa shape index (κ2) is 46.7. The average Bonchev–Trinajstić information content (AvgIpc) is 0.874. The number of aryl methyl sites for hydroxylation is 4. The van der Waals surface area contributed by atoms with Gasteiger partial charge in [-0.25, -0.2) is 69.4 Å². The number of nitrogens with zero attached hydrogens (tertiary/aromatic N) is 12. The van der Waals surface area contributed by atoms with Crippen molar-refractivity contribution < 1.29 is 36.8 Å². The van der Waals surface area contributed by atoms with Crippen LogP contribution in [0.4, 0.5) is 0 Å². The maximum atomic E-state index is 11.7. The van der Waals surface area contributed by atoms with Gasteiger partial charge in [0.15, 0.2) is 5.15 Å². The lowest BCUT2D eigenvalue weighted by Gasteiger charge is -2.07. The molecule has 6 aromatic heterocycles. The third-order valence-corrected chi connectivity index (χ3v) is 18.1. The summed E-state index contributed by atoms with van der Waals surface area (Å²) in [7, 11) is -3.45. The number of aliphatic hydroxyl groups is 1. The first-order chi connectivity index (χ1) is 51.7. The molecule has 0 aliphatic rings. The summed E-state index contributed by atoms with van der Waals surface area (Å²) in [5, 5.41) is 12.5. The van der Waals surface area contributed by atoms with E-state index in [1.807, 2.05) is 113 Å². The Balaban J connectivity index is 0.000000205. The highest BCUT2D eigenvalue weighted by Gasteiger charge is 2.15. The number of esters is 2. The number of benzene rings is 5. The van der Waals surface area contributed by atoms with E-state index in [1.165, 1.54) is 12.4 Å². The molecule has 0 spiro atoms. The van der Waals surface area contributed by atoms with E-state index >= 15 is 0 Å². The minimum absolute atomic E-state index is 0.0182. The van der Waals surface area contributed by atoms with Gasteiger partial charge in [0.2, 0.25) is 10.6 Å². The third-order valence-electron chi connectivity index (χ3n) is 14.7. The van der Waals surface area contributed by atoms with Crippen LogP contribution in [0.25, 0.3) is 0 Å². The van der Waals surface area contributed by atoms with E-state index in [0.29, 0.717) is 98.2 Å². The summed E-state index contributed by atoms with van der Waals surface area (Å²) in [5.74, 6) is 2.98. The first-order valence-corrected chi connectivity index (χ1v) is 39.3. The Morgan fingerprint density at radius 3 is 1.01 bits per heavy atom. The number of aliphatic hydroxyl groups excluding tert-OH is 1. The van der Waals surface area contributed by atoms with Gasteiger partial charge in [-0.2, -0.15) is 8.42 Å². The predicted octanol–water partition coefficient (Wildman–Crippen LogP) is 19.0. The van der Waals surface area contributed by atoms with Gasteiger partial charge in [-0.05, 0) is 106 Å². The Bertz CT molecular complexity index is 4790. The summed E-state index contributed by atoms with van der Waals surface area (Å²) in [5.41, 5.74) is 12.8. The smallest absolute Gasteiger partial charge is 0.338 e. The fourth-order valence-corrected chi connectivity index (χ4v) is 11.3. The molecule has 20 nitrogen and oxygen atoms in total. The Morgan fingerprint density at radius 1 is 0.380 bits per heavy atom. The van der Waals surface area contributed by atoms with E-state index in [2.05, 4.69) is 71.9 Å². The monoisotopic (exact) mass is 1680 g/mol. The maximum absolute atomic E-state index is 11.7. The van der Waals surface area contributed by atoms with Crippen LogP contribution < -0.4 is 0 Å². The summed E-state index contributed by atoms with van der Waals surface area (Å²) in [6.07, 6.45) is 16.4. The highest BCUT2D eigenvalue weighted by atomic mass is 35.5. The Kier molecular flexibility index (Phi) is 38.6. The van der Waals surface area contributed by atoms with Crippen molar-refractivity contribution in [3.05, 3.63) is 312 Å². The van der Waals surface area contributed by atoms with Gasteiger partial charge in [0.25, 0.3) is 10.1 Å². The standard InChI is InChI=1S/C16H17ClN2O2.C15H17ClN2O3S.C14H12Cl2N2O2.C14H14Cl2N2.C14H15ClN2O.C4HCl3N2/c1-3-15-18-10-13(17)14(19-15)9-11-6-5-7-12(8-11)16(20)21-4-2;1-3-15-17-9-13(16)14(18-15)8-11-5-4-6-12(7-11)10-21-22(2,19)20;1-2-20-13(19)10-5-3-4-9(6-10)7-12-11(15)8-17-14(16)18-12;1-2-14-17-9-12(16)13(18-14)7-10-4-3-5-11(6-10)8-15;1-2-14-16-8-12(15)13(17-14)7-10-4-3-5-11(6-10)9-18;5-2-1-8-4(7)9-3(2)6/h5-8,10H,3-4,9H2,1-2H3;4-7,9H,3,8,10H2,1-2H3;3-6,8H,2,7H2,1H3;3-6,9H,2,7-8H2,1H3;3-6,8,18H,2,7,9H2,1H3;1H. The van der Waals surface area contributed by atoms with Crippen LogP contribution in [0.3, 0.4) is 0 Å². The molecule has 11 rings (SSSR count). The Labute approximate surface area is 678 Å². The second-order valence-corrected chi connectivity index (χ2v) is 28.3. The fourth-order valence-electron chi connectivity index (χ4n) is 9.46. The van der Waals surface area contributed by atoms with E-state index < -0.39 is 10.1 Å². The summed E-state index contributed by atoms with van der Waals surface area (Å²) in [6, 6.07) is 37.9. The van der Waals surface area contributed by atoms with E-state index in [-0.39, 0.29) is 40.9 Å². The molecule has 0 saturated carbocycles. The van der Waals surface area contributed by atoms with Gasteiger partial charge in [0, 0.05) is 88.5 Å². The molecule has 0 atom stereocenters. The molecule has 0 aliphatic heterocycles. The number of carbonyl (C=O) groups excluding carboxylic acids is 2. The number of halogens is 10. The topological polar surface area (TPSA) is 271 Å². The number of rotatable bonds is 23. The summed E-state index contributed by atoms with van der Waals surface area (Å²) in [6.45, 7) is 12.3. The molecule has 11 aromatic rings. The van der Waals surface area contributed by atoms with Crippen molar-refractivity contribution in [2.75, 3.05) is 19.5 Å². The lowest BCUT2D eigenvalue weighted by Crippen LogP contribution is -2.05. The fraction of sp³-hybridized carbons (Fsp3) is 0.273. The van der Waals surface area contributed by atoms with Gasteiger partial charge in [0.05, 0.1) is 115 Å². The van der Waals surface area contributed by atoms with Crippen molar-refractivity contribution in [1.29, 1.82) is 0 Å². The molecule has 0 aliphatic carbocycles. The van der Waals surface area contributed by atoms with Crippen molar-refractivity contribution in [2.45, 2.75) is 118 Å². The van der Waals surface area contributed by atoms with Crippen LogP contribution in [0.5, 0.6) is 0 Å². The lowest BCUT2D eigenvalue weighted by atomic mass is 10.1. The van der Waals surface area contributed by atoms with Gasteiger partial charge < -0.3 is 14.6 Å². The highest BCUT2D eigenvalue weighted by Crippen LogP contribution is 2.25. The van der Waals surface area contributed by atoms with Crippen molar-refractivity contribution in [1.82, 2.24) is 59.8 Å². The molecule has 5 aromatic carbocycles. The van der Waals surface area contributed by atoms with E-state index in [9.17, 15) is 18.0 Å². The quantitative estimate of drug-likeness (QED) is 0.0205. The number of aromatic nitrogens is 12. The molecule has 0 radical (unpaired) electrons. The zero-order chi connectivity index (χ0) is 78.7. The maximum Gasteiger partial charge on any atom is 0.338 e. The minimum Gasteiger partial charge on any atom is -0.462 e. The van der Waals surface area contributed by atoms with Crippen molar-refractivity contribution in [3.8, 4) is 0 Å². The number of carbonyl (C=O) groups is 2. The molecule has 568 valence electrons. The van der Waals surface area contributed by atoms with Gasteiger partial charge in [-0.1, -0.05) is 206 Å². The van der Waals surface area contributed by atoms with E-state index in [1.54, 1.807) is 62.9 Å². The third kappa shape index (κ3) is 31.3. The Morgan fingerprint density at radius 2 is 0.676 bits per heavy atom. The lowest BCUT2D eigenvalue weighted by molar-refractivity contribution is 0.0516. The van der Waals surface area contributed by atoms with Crippen LogP contribution in [-0.4, -0.2) is 105 Å². The first kappa shape index (κ1) is 89.2. The average molecular weight is 1680 g/mol. The highest BCUT2D eigenvalue weighted by molar-refractivity contribution is 7.85. The number of hydrogen-bond acceptors (Lipinski definition) is 20. The number of ether oxygens (including phenoxy) is 2. The van der Waals surface area contributed by atoms with Crippen LogP contribution in [0, 0.1) is 0 Å². The number of hydrogen-bond donors (Lipinski definition) is 1. The summed E-state index contributed by atoms with van der Waals surface area (Å²) >= 11 is 58.4. The van der Waals surface area contributed by atoms with Crippen LogP contribution >= 0.6 is 116 Å². The summed E-state index contributed by atoms with van der Waals surface area (Å²) < 4.78 is 36.8. The zero-order valence-electron chi connectivity index (χ0n) is 59.8. The summed E-state index contributed by atoms with van der Waals surface area (Å²) in [4.78, 5) is 72.8. The molecular formula is C77H76Cl10N12O8S. The van der Waals surface area contributed by atoms with Crippen LogP contribution in [0.2, 0.25) is 45.9 Å². The zero-order valence-corrected chi connectivity index (χ0v) is 68.1. The molecule has 0 bridgehead atoms. The van der Waals surface area contributed by atoms with Gasteiger partial charge in [-0.15, -0.1) is 11.6 Å². The number of alkyl halides is 1. The molecule has 1 N–H and O–H groups in total. The van der Waals surface area contributed by atoms with E-state index in [0.717, 1.165) is 123 Å². The van der Waals surface area contributed by atoms with Crippen molar-refractivity contribution in [2.24, 2.45) is 0 Å². The second-order valence-electron chi connectivity index (χ2n) is 22.9. The largest absolute Gasteiger partial charge is 0.462 e. The molecule has 108 heavy (non-hydrogen) atoms. The van der Waals surface area contributed by atoms with Gasteiger partial charge >= 0.3 is 11.9 Å². The molecular weight excluding hydrogens is 1610 g/mol. The molecule has 0 amide bonds. The van der Waals surface area contributed by atoms with Crippen molar-refractivity contribution >= 4 is 138 Å². The Hall–Kier alpha value is -7.71. The minimum atomic E-state index is -3.45. The van der Waals surface area contributed by atoms with Crippen LogP contribution in [0.15, 0.2) is 159 Å². The molecule has 31 heteroatoms. The molecule has 6 heterocycles. The molecule has 0 fully saturated rings. The van der Waals surface area contributed by atoms with Crippen molar-refractivity contribution in [3.63, 3.8) is 0 Å². The normalized spacial score (nSPS) is 10.6. The van der Waals surface area contributed by atoms with Crippen LogP contribution in [-0.2, 0) is 101 Å². The molecule has 0 saturated heterocycles. The SMILES string of the molecule is CCOC(=O)c1cccc(Cc2nc(CC)ncc2Cl)c1.CCOC(=O)c1cccc(Cc2nc(Cl)ncc2Cl)c1.CCc1ncc(Cl)c(Cc2cccc(CCl)c2)n1.CCc1ncc(Cl)c(Cc2cccc(CO)c2)n1.CCc1ncc(Cl)c(Cc2cccc(COS(C)(=O)=O)c2)n1.Clc1ncc(Cl)c(Cl)n1. The van der Waals surface area contributed by atoms with E-state index in [4.69, 9.17) is 135 Å². The predicted molar refractivity (Wildman–Crippen MR) is 428 cm³/mol. The van der Waals surface area contributed by atoms with Gasteiger partial charge in [0.1, 0.15) is 23.3 Å². The molecule has 0 unspecified atom stereocenters. The van der Waals surface area contributed by atoms with Gasteiger partial charge in [-0.3, -0.25) is 4.18 Å². The van der Waals surface area contributed by atoms with Crippen LogP contribution in [0.1, 0.15) is 159 Å². The first-order valence-electron chi connectivity index (χ1n) is 33.5.